The third-order valence-corrected chi connectivity index (χ3v) is 31.8. The topological polar surface area (TPSA) is 659 Å². The van der Waals surface area contributed by atoms with Crippen LogP contribution in [0.2, 0.25) is 0 Å². The van der Waals surface area contributed by atoms with Crippen LogP contribution in [0.5, 0.6) is 0 Å². The zero-order valence-corrected chi connectivity index (χ0v) is 81.3. The molecular weight excluding hydrogens is 1930 g/mol. The minimum atomic E-state index is -3.59. The lowest BCUT2D eigenvalue weighted by Gasteiger charge is -2.16. The summed E-state index contributed by atoms with van der Waals surface area (Å²) in [6.07, 6.45) is 28.6. The number of nitrogens with one attached hydrogen (secondary N) is 7. The van der Waals surface area contributed by atoms with Crippen molar-refractivity contribution in [3.63, 3.8) is 0 Å². The molecule has 7 aromatic heterocycles. The molecule has 1 aromatic carbocycles. The SMILES string of the molecule is C.C.C.CCCCS(=O)(=O)NCC1CCCCc2noc(=O)n21.CCCS(=O)(=O)NCC1CCCCc2noc(=O)n21.CCCS(=O)(=O)NCC1CCCCc2noc(=O)n21.CCCS(=O)(=O)NCC1CCCCc2noc(=O)n21.CS(=O)(=O)NCC1CCCCc2noc(=O)n21.CS(=O)(=O)NCC1CCCCc2noc(=O)n21.O=c1onc2n1C(CNS(=O)(=O)c1ccccc1)CCCC2. The van der Waals surface area contributed by atoms with E-state index in [0.717, 1.165) is 147 Å². The Morgan fingerprint density at radius 1 is 0.272 bits per heavy atom. The molecule has 0 bridgehead atoms. The Hall–Kier alpha value is -8.83. The fraction of sp³-hybridized carbons (Fsp3) is 0.750. The maximum atomic E-state index is 12.3. The summed E-state index contributed by atoms with van der Waals surface area (Å²) < 4.78 is 223. The summed E-state index contributed by atoms with van der Waals surface area (Å²) in [6, 6.07) is 6.66. The Bertz CT molecular complexity index is 5970. The van der Waals surface area contributed by atoms with Crippen LogP contribution in [-0.4, -0.2) is 208 Å². The highest BCUT2D eigenvalue weighted by Gasteiger charge is 2.33. The smallest absolute Gasteiger partial charge is 0.296 e. The van der Waals surface area contributed by atoms with Gasteiger partial charge in [-0.3, -0.25) is 63.6 Å². The Balaban J connectivity index is 0.000000243. The van der Waals surface area contributed by atoms with E-state index in [0.29, 0.717) is 118 Å². The molecule has 0 fully saturated rings. The minimum Gasteiger partial charge on any atom is -0.296 e. The summed E-state index contributed by atoms with van der Waals surface area (Å²) in [6.45, 7) is 8.81. The molecule has 7 atom stereocenters. The molecule has 0 radical (unpaired) electrons. The normalized spacial score (nSPS) is 19.5. The van der Waals surface area contributed by atoms with Crippen LogP contribution in [0, 0.1) is 0 Å². The van der Waals surface area contributed by atoms with Gasteiger partial charge < -0.3 is 0 Å². The van der Waals surface area contributed by atoms with Crippen LogP contribution in [0.15, 0.2) is 100 Å². The van der Waals surface area contributed by atoms with E-state index in [4.69, 9.17) is 4.52 Å². The van der Waals surface area contributed by atoms with Crippen molar-refractivity contribution in [1.82, 2.24) is 101 Å². The highest BCUT2D eigenvalue weighted by atomic mass is 32.2. The molecule has 0 spiro atoms. The van der Waals surface area contributed by atoms with E-state index < -0.39 is 110 Å². The van der Waals surface area contributed by atoms with Crippen LogP contribution in [0.4, 0.5) is 0 Å². The van der Waals surface area contributed by atoms with Crippen molar-refractivity contribution in [1.29, 1.82) is 0 Å². The molecule has 0 saturated carbocycles. The molecule has 56 heteroatoms. The van der Waals surface area contributed by atoms with E-state index >= 15 is 0 Å². The third kappa shape index (κ3) is 35.8. The second-order valence-electron chi connectivity index (χ2n) is 33.4. The van der Waals surface area contributed by atoms with Crippen molar-refractivity contribution in [2.24, 2.45) is 0 Å². The van der Waals surface area contributed by atoms with E-state index in [1.54, 1.807) is 18.2 Å². The van der Waals surface area contributed by atoms with Crippen LogP contribution in [0.25, 0.3) is 0 Å². The summed E-state index contributed by atoms with van der Waals surface area (Å²) in [5.41, 5.74) is 0. The molecule has 49 nitrogen and oxygen atoms in total. The van der Waals surface area contributed by atoms with Crippen molar-refractivity contribution in [2.75, 3.05) is 81.3 Å². The molecule has 8 aromatic rings. The largest absolute Gasteiger partial charge is 0.441 e. The number of sulfonamides is 7. The number of aryl methyl sites for hydroxylation is 7. The van der Waals surface area contributed by atoms with E-state index in [2.05, 4.69) is 96.3 Å². The van der Waals surface area contributed by atoms with Crippen LogP contribution in [-0.2, 0) is 115 Å². The van der Waals surface area contributed by atoms with Crippen molar-refractivity contribution in [2.45, 2.75) is 309 Å². The molecule has 7 N–H and O–H groups in total. The molecule has 0 saturated heterocycles. The number of nitrogens with zero attached hydrogens (tertiary/aromatic N) is 14. The predicted octanol–water partition coefficient (Wildman–Crippen LogP) is 4.42. The zero-order chi connectivity index (χ0) is 96.7. The average Bonchev–Trinajstić information content (AvgIpc) is 1.73. The minimum absolute atomic E-state index is 0. The summed E-state index contributed by atoms with van der Waals surface area (Å²) in [5.74, 6) is 1.13. The second-order valence-corrected chi connectivity index (χ2v) is 46.5. The Morgan fingerprint density at radius 2 is 0.463 bits per heavy atom. The highest BCUT2D eigenvalue weighted by Crippen LogP contribution is 2.28. The van der Waals surface area contributed by atoms with Gasteiger partial charge in [0.25, 0.3) is 0 Å². The number of rotatable bonds is 31. The first kappa shape index (κ1) is 116. The van der Waals surface area contributed by atoms with Crippen molar-refractivity contribution >= 4 is 70.2 Å². The van der Waals surface area contributed by atoms with Crippen LogP contribution >= 0.6 is 0 Å². The van der Waals surface area contributed by atoms with E-state index in [1.807, 2.05) is 27.7 Å². The Kier molecular flexibility index (Phi) is 46.6. The quantitative estimate of drug-likeness (QED) is 0.0316. The van der Waals surface area contributed by atoms with Crippen molar-refractivity contribution in [3.8, 4) is 0 Å². The van der Waals surface area contributed by atoms with Gasteiger partial charge in [-0.2, -0.15) is 0 Å². The summed E-state index contributed by atoms with van der Waals surface area (Å²) in [5, 5.41) is 26.2. The van der Waals surface area contributed by atoms with E-state index in [1.165, 1.54) is 44.1 Å². The molecule has 7 aliphatic heterocycles. The van der Waals surface area contributed by atoms with E-state index in [9.17, 15) is 92.5 Å². The van der Waals surface area contributed by atoms with Gasteiger partial charge in [-0.25, -0.2) is 126 Å². The Morgan fingerprint density at radius 3 is 0.654 bits per heavy atom. The number of hydrogen-bond acceptors (Lipinski definition) is 35. The van der Waals surface area contributed by atoms with Crippen LogP contribution in [0.1, 0.15) is 300 Å². The van der Waals surface area contributed by atoms with Gasteiger partial charge in [-0.15, -0.1) is 0 Å². The first-order chi connectivity index (χ1) is 63.2. The molecule has 772 valence electrons. The van der Waals surface area contributed by atoms with Crippen molar-refractivity contribution < 1.29 is 90.6 Å². The van der Waals surface area contributed by atoms with Crippen molar-refractivity contribution in [3.05, 3.63) is 145 Å². The number of unbranched alkanes of at least 4 members (excludes halogenated alkanes) is 1. The fourth-order valence-electron chi connectivity index (χ4n) is 16.3. The van der Waals surface area contributed by atoms with Gasteiger partial charge in [0, 0.05) is 90.8 Å². The number of benzene rings is 1. The Labute approximate surface area is 792 Å². The fourth-order valence-corrected chi connectivity index (χ4v) is 23.0. The maximum Gasteiger partial charge on any atom is 0.441 e. The lowest BCUT2D eigenvalue weighted by atomic mass is 10.1. The van der Waals surface area contributed by atoms with Gasteiger partial charge in [0.2, 0.25) is 70.2 Å². The van der Waals surface area contributed by atoms with Gasteiger partial charge in [0.15, 0.2) is 40.8 Å². The molecule has 7 aliphatic rings. The van der Waals surface area contributed by atoms with Crippen LogP contribution < -0.4 is 73.3 Å². The number of fused-ring (bicyclic) bond motifs is 7. The number of aromatic nitrogens is 14. The maximum absolute atomic E-state index is 12.3. The van der Waals surface area contributed by atoms with Gasteiger partial charge >= 0.3 is 40.3 Å². The lowest BCUT2D eigenvalue weighted by molar-refractivity contribution is 0.352. The van der Waals surface area contributed by atoms with Gasteiger partial charge in [-0.05, 0) is 128 Å². The number of hydrogen-bond donors (Lipinski definition) is 7. The monoisotopic (exact) mass is 2060 g/mol. The van der Waals surface area contributed by atoms with E-state index in [-0.39, 0.29) is 138 Å². The van der Waals surface area contributed by atoms with Crippen LogP contribution in [0.3, 0.4) is 0 Å². The molecule has 0 amide bonds. The summed E-state index contributed by atoms with van der Waals surface area (Å²) >= 11 is 0. The molecule has 136 heavy (non-hydrogen) atoms. The average molecular weight is 2070 g/mol. The summed E-state index contributed by atoms with van der Waals surface area (Å²) in [7, 11) is -23.1. The lowest BCUT2D eigenvalue weighted by Crippen LogP contribution is -2.35. The molecule has 14 heterocycles. The highest BCUT2D eigenvalue weighted by molar-refractivity contribution is 7.90. The van der Waals surface area contributed by atoms with Gasteiger partial charge in [-0.1, -0.05) is 156 Å². The molecule has 0 aliphatic carbocycles. The molecule has 15 rings (SSSR count). The molecular formula is C80H137N21O28S7. The third-order valence-electron chi connectivity index (χ3n) is 22.9. The van der Waals surface area contributed by atoms with Gasteiger partial charge in [0.1, 0.15) is 0 Å². The zero-order valence-electron chi connectivity index (χ0n) is 75.6. The predicted molar refractivity (Wildman–Crippen MR) is 502 cm³/mol. The standard InChI is InChI=1S/C14H17N3O4S.C12H21N3O4S.3C11H19N3O4S.2C9H15N3O4S.3CH4/c18-14-17-11(6-4-5-9-13(17)16-21-14)10-15-22(19,20)12-7-2-1-3-8-12;1-2-3-8-20(17,18)13-9-10-6-4-5-7-11-14-19-12(16)15(10)11;3*1-2-7-19(16,17)12-8-9-5-3-4-6-10-13-18-11(15)14(9)10;2*1-17(14,15)10-6-7-4-2-3-5-8-11-16-9(13)12(7)8;;;/h1-3,7-8,11,15H,4-6,9-10H2;10,13H,2-9H2,1H3;3*9,12H,2-8H2,1H3;2*7,10H,2-6H2,1H3;3*1H4. The molecule has 7 unspecified atom stereocenters. The second kappa shape index (κ2) is 54.7. The van der Waals surface area contributed by atoms with Gasteiger partial charge in [0.05, 0.1) is 82.7 Å². The first-order valence-corrected chi connectivity index (χ1v) is 56.9. The first-order valence-electron chi connectivity index (χ1n) is 45.0. The summed E-state index contributed by atoms with van der Waals surface area (Å²) in [4.78, 5) is 81.6.